The second kappa shape index (κ2) is 7.00. The van der Waals surface area contributed by atoms with E-state index in [1.807, 2.05) is 12.1 Å². The summed E-state index contributed by atoms with van der Waals surface area (Å²) in [6.07, 6.45) is 2.39. The first-order valence-electron chi connectivity index (χ1n) is 7.76. The van der Waals surface area contributed by atoms with Crippen LogP contribution in [0.3, 0.4) is 0 Å². The molecule has 1 saturated heterocycles. The number of hydrogen-bond acceptors (Lipinski definition) is 4. The third kappa shape index (κ3) is 3.60. The summed E-state index contributed by atoms with van der Waals surface area (Å²) in [5, 5.41) is 14.6. The van der Waals surface area contributed by atoms with Crippen LogP contribution in [0.2, 0.25) is 0 Å². The molecule has 0 spiro atoms. The first-order chi connectivity index (χ1) is 10.0. The topological polar surface area (TPSA) is 58.4 Å². The van der Waals surface area contributed by atoms with Crippen molar-refractivity contribution in [3.05, 3.63) is 39.4 Å². The summed E-state index contributed by atoms with van der Waals surface area (Å²) in [7, 11) is 0. The van der Waals surface area contributed by atoms with Gasteiger partial charge >= 0.3 is 0 Å². The van der Waals surface area contributed by atoms with E-state index in [4.69, 9.17) is 0 Å². The molecule has 21 heavy (non-hydrogen) atoms. The molecule has 0 aromatic heterocycles. The van der Waals surface area contributed by atoms with Crippen LogP contribution in [-0.4, -0.2) is 35.5 Å². The van der Waals surface area contributed by atoms with Gasteiger partial charge in [0.05, 0.1) is 4.92 Å². The van der Waals surface area contributed by atoms with Crippen LogP contribution >= 0.6 is 0 Å². The van der Waals surface area contributed by atoms with Crippen molar-refractivity contribution in [2.75, 3.05) is 19.6 Å². The molecular formula is C16H25N3O2. The normalized spacial score (nSPS) is 20.5. The molecule has 1 aromatic rings. The number of nitro groups is 1. The van der Waals surface area contributed by atoms with E-state index in [-0.39, 0.29) is 16.7 Å². The maximum atomic E-state index is 11.1. The zero-order chi connectivity index (χ0) is 15.4. The van der Waals surface area contributed by atoms with Crippen molar-refractivity contribution < 1.29 is 4.92 Å². The number of rotatable bonds is 5. The molecule has 5 heteroatoms. The van der Waals surface area contributed by atoms with Crippen LogP contribution in [0.5, 0.6) is 0 Å². The molecule has 5 nitrogen and oxygen atoms in total. The SMILES string of the molecule is CCN(C1CCCNC1)C(C)c1ccc(C)c([N+](=O)[O-])c1. The molecule has 0 bridgehead atoms. The van der Waals surface area contributed by atoms with Gasteiger partial charge in [-0.2, -0.15) is 0 Å². The second-order valence-electron chi connectivity index (χ2n) is 5.81. The summed E-state index contributed by atoms with van der Waals surface area (Å²) >= 11 is 0. The Balaban J connectivity index is 2.22. The van der Waals surface area contributed by atoms with E-state index in [0.29, 0.717) is 6.04 Å². The van der Waals surface area contributed by atoms with Crippen LogP contribution in [0.1, 0.15) is 43.9 Å². The molecule has 0 aliphatic carbocycles. The average Bonchev–Trinajstić information content (AvgIpc) is 2.49. The number of aryl methyl sites for hydroxylation is 1. The zero-order valence-corrected chi connectivity index (χ0v) is 13.1. The van der Waals surface area contributed by atoms with Gasteiger partial charge in [-0.3, -0.25) is 15.0 Å². The lowest BCUT2D eigenvalue weighted by Crippen LogP contribution is -2.46. The van der Waals surface area contributed by atoms with E-state index >= 15 is 0 Å². The molecule has 2 rings (SSSR count). The van der Waals surface area contributed by atoms with E-state index in [1.54, 1.807) is 13.0 Å². The van der Waals surface area contributed by atoms with E-state index in [9.17, 15) is 10.1 Å². The standard InChI is InChI=1S/C16H25N3O2/c1-4-18(15-6-5-9-17-11-15)13(3)14-8-7-12(2)16(10-14)19(20)21/h7-8,10,13,15,17H,4-6,9,11H2,1-3H3. The van der Waals surface area contributed by atoms with Crippen molar-refractivity contribution in [3.8, 4) is 0 Å². The molecule has 1 aromatic carbocycles. The van der Waals surface area contributed by atoms with E-state index in [1.165, 1.54) is 12.8 Å². The molecule has 0 saturated carbocycles. The van der Waals surface area contributed by atoms with Crippen LogP contribution in [0.25, 0.3) is 0 Å². The number of likely N-dealkylation sites (N-methyl/N-ethyl adjacent to an activating group) is 1. The zero-order valence-electron chi connectivity index (χ0n) is 13.1. The predicted octanol–water partition coefficient (Wildman–Crippen LogP) is 3.04. The van der Waals surface area contributed by atoms with Crippen LogP contribution in [0.15, 0.2) is 18.2 Å². The smallest absolute Gasteiger partial charge is 0.272 e. The minimum absolute atomic E-state index is 0.194. The van der Waals surface area contributed by atoms with Crippen LogP contribution < -0.4 is 5.32 Å². The summed E-state index contributed by atoms with van der Waals surface area (Å²) in [5.41, 5.74) is 1.97. The van der Waals surface area contributed by atoms with Gasteiger partial charge in [0, 0.05) is 30.3 Å². The van der Waals surface area contributed by atoms with Gasteiger partial charge in [0.1, 0.15) is 0 Å². The molecule has 2 unspecified atom stereocenters. The number of hydrogen-bond donors (Lipinski definition) is 1. The Morgan fingerprint density at radius 2 is 2.29 bits per heavy atom. The molecular weight excluding hydrogens is 266 g/mol. The fourth-order valence-corrected chi connectivity index (χ4v) is 3.24. The van der Waals surface area contributed by atoms with Crippen molar-refractivity contribution in [3.63, 3.8) is 0 Å². The Morgan fingerprint density at radius 3 is 2.86 bits per heavy atom. The number of piperidine rings is 1. The van der Waals surface area contributed by atoms with Crippen LogP contribution in [0, 0.1) is 17.0 Å². The van der Waals surface area contributed by atoms with Crippen molar-refractivity contribution in [2.45, 2.75) is 45.7 Å². The lowest BCUT2D eigenvalue weighted by atomic mass is 9.99. The average molecular weight is 291 g/mol. The predicted molar refractivity (Wildman–Crippen MR) is 84.5 cm³/mol. The third-order valence-electron chi connectivity index (χ3n) is 4.51. The Morgan fingerprint density at radius 1 is 1.52 bits per heavy atom. The van der Waals surface area contributed by atoms with E-state index in [2.05, 4.69) is 24.1 Å². The van der Waals surface area contributed by atoms with E-state index in [0.717, 1.165) is 30.8 Å². The minimum atomic E-state index is -0.288. The minimum Gasteiger partial charge on any atom is -0.315 e. The highest BCUT2D eigenvalue weighted by Gasteiger charge is 2.25. The first-order valence-corrected chi connectivity index (χ1v) is 7.76. The van der Waals surface area contributed by atoms with Crippen LogP contribution in [0.4, 0.5) is 5.69 Å². The summed E-state index contributed by atoms with van der Waals surface area (Å²) in [5.74, 6) is 0. The molecule has 0 amide bonds. The Bertz CT molecular complexity index is 498. The fourth-order valence-electron chi connectivity index (χ4n) is 3.24. The molecule has 1 heterocycles. The maximum Gasteiger partial charge on any atom is 0.272 e. The summed E-state index contributed by atoms with van der Waals surface area (Å²) in [6.45, 7) is 9.15. The monoisotopic (exact) mass is 291 g/mol. The molecule has 1 aliphatic heterocycles. The molecule has 0 radical (unpaired) electrons. The van der Waals surface area contributed by atoms with Gasteiger partial charge in [-0.25, -0.2) is 0 Å². The largest absolute Gasteiger partial charge is 0.315 e. The third-order valence-corrected chi connectivity index (χ3v) is 4.51. The van der Waals surface area contributed by atoms with Gasteiger partial charge in [-0.15, -0.1) is 0 Å². The number of nitrogens with one attached hydrogen (secondary N) is 1. The van der Waals surface area contributed by atoms with Crippen molar-refractivity contribution in [2.24, 2.45) is 0 Å². The van der Waals surface area contributed by atoms with Gasteiger partial charge in [0.25, 0.3) is 5.69 Å². The molecule has 1 N–H and O–H groups in total. The van der Waals surface area contributed by atoms with Gasteiger partial charge in [-0.1, -0.05) is 19.1 Å². The van der Waals surface area contributed by atoms with Crippen molar-refractivity contribution in [1.29, 1.82) is 0 Å². The first kappa shape index (κ1) is 15.9. The van der Waals surface area contributed by atoms with Crippen LogP contribution in [-0.2, 0) is 0 Å². The molecule has 1 aliphatic rings. The lowest BCUT2D eigenvalue weighted by molar-refractivity contribution is -0.385. The highest BCUT2D eigenvalue weighted by Crippen LogP contribution is 2.29. The summed E-state index contributed by atoms with van der Waals surface area (Å²) in [4.78, 5) is 13.3. The van der Waals surface area contributed by atoms with E-state index < -0.39 is 0 Å². The summed E-state index contributed by atoms with van der Waals surface area (Å²) in [6, 6.07) is 6.32. The highest BCUT2D eigenvalue weighted by atomic mass is 16.6. The quantitative estimate of drug-likeness (QED) is 0.669. The van der Waals surface area contributed by atoms with Crippen molar-refractivity contribution in [1.82, 2.24) is 10.2 Å². The van der Waals surface area contributed by atoms with Gasteiger partial charge in [-0.05, 0) is 45.3 Å². The Hall–Kier alpha value is -1.46. The molecule has 116 valence electrons. The van der Waals surface area contributed by atoms with Gasteiger partial charge < -0.3 is 5.32 Å². The molecule has 1 fully saturated rings. The maximum absolute atomic E-state index is 11.1. The Kier molecular flexibility index (Phi) is 5.31. The second-order valence-corrected chi connectivity index (χ2v) is 5.81. The van der Waals surface area contributed by atoms with Gasteiger partial charge in [0.2, 0.25) is 0 Å². The number of nitrogens with zero attached hydrogens (tertiary/aromatic N) is 2. The lowest BCUT2D eigenvalue weighted by Gasteiger charge is -2.38. The van der Waals surface area contributed by atoms with Crippen molar-refractivity contribution >= 4 is 5.69 Å². The number of benzene rings is 1. The molecule has 2 atom stereocenters. The number of nitro benzene ring substituents is 1. The highest BCUT2D eigenvalue weighted by molar-refractivity contribution is 5.43. The van der Waals surface area contributed by atoms with Gasteiger partial charge in [0.15, 0.2) is 0 Å². The fraction of sp³-hybridized carbons (Fsp3) is 0.625. The summed E-state index contributed by atoms with van der Waals surface area (Å²) < 4.78 is 0. The Labute approximate surface area is 126 Å².